The van der Waals surface area contributed by atoms with Crippen LogP contribution in [0.1, 0.15) is 16.7 Å². The van der Waals surface area contributed by atoms with E-state index in [1.807, 2.05) is 56.3 Å². The van der Waals surface area contributed by atoms with Crippen LogP contribution in [0, 0.1) is 13.8 Å². The van der Waals surface area contributed by atoms with Gasteiger partial charge in [-0.3, -0.25) is 4.72 Å². The summed E-state index contributed by atoms with van der Waals surface area (Å²) in [6.07, 6.45) is 1.58. The second-order valence-corrected chi connectivity index (χ2v) is 6.25. The Hall–Kier alpha value is -2.07. The lowest BCUT2D eigenvalue weighted by Crippen LogP contribution is -2.09. The summed E-state index contributed by atoms with van der Waals surface area (Å²) in [5.41, 5.74) is 3.46. The van der Waals surface area contributed by atoms with Crippen LogP contribution < -0.4 is 4.72 Å². The lowest BCUT2D eigenvalue weighted by Gasteiger charge is -2.08. The van der Waals surface area contributed by atoms with Crippen molar-refractivity contribution in [1.82, 2.24) is 0 Å². The Morgan fingerprint density at radius 2 is 1.70 bits per heavy atom. The minimum Gasteiger partial charge on any atom is -0.280 e. The fraction of sp³-hybridized carbons (Fsp3) is 0.125. The monoisotopic (exact) mass is 287 g/mol. The van der Waals surface area contributed by atoms with Crippen LogP contribution >= 0.6 is 0 Å². The molecule has 2 rings (SSSR count). The number of aryl methyl sites for hydroxylation is 2. The molecule has 3 nitrogen and oxygen atoms in total. The maximum Gasteiger partial charge on any atom is 0.255 e. The van der Waals surface area contributed by atoms with Crippen molar-refractivity contribution in [2.45, 2.75) is 13.8 Å². The highest BCUT2D eigenvalue weighted by atomic mass is 32.2. The van der Waals surface area contributed by atoms with Crippen LogP contribution in [0.15, 0.2) is 53.9 Å². The SMILES string of the molecule is Cc1ccc(NS(=O)(=O)/C=C/c2ccccc2)c(C)c1. The number of sulfonamides is 1. The molecule has 0 saturated carbocycles. The molecule has 20 heavy (non-hydrogen) atoms. The normalized spacial score (nSPS) is 11.7. The quantitative estimate of drug-likeness (QED) is 0.931. The Labute approximate surface area is 120 Å². The second-order valence-electron chi connectivity index (χ2n) is 4.68. The van der Waals surface area contributed by atoms with E-state index in [-0.39, 0.29) is 0 Å². The first-order valence-corrected chi connectivity index (χ1v) is 7.84. The van der Waals surface area contributed by atoms with Gasteiger partial charge in [-0.2, -0.15) is 0 Å². The molecule has 0 aromatic heterocycles. The number of nitrogens with one attached hydrogen (secondary N) is 1. The number of hydrogen-bond donors (Lipinski definition) is 1. The zero-order valence-electron chi connectivity index (χ0n) is 11.5. The molecule has 1 N–H and O–H groups in total. The molecule has 0 aliphatic heterocycles. The first kappa shape index (κ1) is 14.3. The molecule has 0 spiro atoms. The predicted molar refractivity (Wildman–Crippen MR) is 83.9 cm³/mol. The maximum absolute atomic E-state index is 12.0. The summed E-state index contributed by atoms with van der Waals surface area (Å²) in [6, 6.07) is 14.9. The van der Waals surface area contributed by atoms with Crippen molar-refractivity contribution in [2.24, 2.45) is 0 Å². The van der Waals surface area contributed by atoms with Crippen LogP contribution in [0.5, 0.6) is 0 Å². The summed E-state index contributed by atoms with van der Waals surface area (Å²) in [7, 11) is -3.50. The molecular weight excluding hydrogens is 270 g/mol. The van der Waals surface area contributed by atoms with Gasteiger partial charge in [0.15, 0.2) is 0 Å². The van der Waals surface area contributed by atoms with Crippen molar-refractivity contribution in [1.29, 1.82) is 0 Å². The highest BCUT2D eigenvalue weighted by Crippen LogP contribution is 2.18. The van der Waals surface area contributed by atoms with Crippen LogP contribution in [0.25, 0.3) is 6.08 Å². The van der Waals surface area contributed by atoms with Gasteiger partial charge < -0.3 is 0 Å². The molecule has 0 unspecified atom stereocenters. The molecule has 0 bridgehead atoms. The fourth-order valence-electron chi connectivity index (χ4n) is 1.85. The molecule has 0 saturated heterocycles. The third-order valence-corrected chi connectivity index (χ3v) is 3.87. The number of anilines is 1. The van der Waals surface area contributed by atoms with Crippen molar-refractivity contribution in [3.63, 3.8) is 0 Å². The van der Waals surface area contributed by atoms with Gasteiger partial charge in [-0.25, -0.2) is 8.42 Å². The van der Waals surface area contributed by atoms with E-state index in [1.165, 1.54) is 5.41 Å². The second kappa shape index (κ2) is 5.92. The molecule has 0 aliphatic rings. The average Bonchev–Trinajstić information content (AvgIpc) is 2.41. The van der Waals surface area contributed by atoms with Gasteiger partial charge in [-0.15, -0.1) is 0 Å². The molecule has 104 valence electrons. The van der Waals surface area contributed by atoms with Crippen molar-refractivity contribution >= 4 is 21.8 Å². The first-order chi connectivity index (χ1) is 9.46. The summed E-state index contributed by atoms with van der Waals surface area (Å²) in [5.74, 6) is 0. The van der Waals surface area contributed by atoms with Crippen LogP contribution in [-0.4, -0.2) is 8.42 Å². The maximum atomic E-state index is 12.0. The highest BCUT2D eigenvalue weighted by molar-refractivity contribution is 7.95. The minimum absolute atomic E-state index is 0.605. The standard InChI is InChI=1S/C16H17NO2S/c1-13-8-9-16(14(2)12-13)17-20(18,19)11-10-15-6-4-3-5-7-15/h3-12,17H,1-2H3/b11-10+. The Bertz CT molecular complexity index is 719. The Kier molecular flexibility index (Phi) is 4.25. The fourth-order valence-corrected chi connectivity index (χ4v) is 2.79. The topological polar surface area (TPSA) is 46.2 Å². The van der Waals surface area contributed by atoms with E-state index in [2.05, 4.69) is 4.72 Å². The van der Waals surface area contributed by atoms with E-state index < -0.39 is 10.0 Å². The van der Waals surface area contributed by atoms with Crippen LogP contribution in [0.2, 0.25) is 0 Å². The lowest BCUT2D eigenvalue weighted by molar-refractivity contribution is 0.609. The molecule has 0 radical (unpaired) electrons. The molecule has 0 amide bonds. The molecule has 4 heteroatoms. The highest BCUT2D eigenvalue weighted by Gasteiger charge is 2.07. The van der Waals surface area contributed by atoms with Crippen molar-refractivity contribution in [3.8, 4) is 0 Å². The number of rotatable bonds is 4. The van der Waals surface area contributed by atoms with Gasteiger partial charge in [-0.1, -0.05) is 48.0 Å². The Morgan fingerprint density at radius 3 is 2.35 bits per heavy atom. The molecule has 0 heterocycles. The molecular formula is C16H17NO2S. The van der Waals surface area contributed by atoms with E-state index in [4.69, 9.17) is 0 Å². The zero-order chi connectivity index (χ0) is 14.6. The van der Waals surface area contributed by atoms with Crippen LogP contribution in [0.3, 0.4) is 0 Å². The average molecular weight is 287 g/mol. The predicted octanol–water partition coefficient (Wildman–Crippen LogP) is 3.72. The van der Waals surface area contributed by atoms with Gasteiger partial charge in [0, 0.05) is 0 Å². The van der Waals surface area contributed by atoms with Gasteiger partial charge in [0.2, 0.25) is 0 Å². The summed E-state index contributed by atoms with van der Waals surface area (Å²) < 4.78 is 26.6. The summed E-state index contributed by atoms with van der Waals surface area (Å²) >= 11 is 0. The Balaban J connectivity index is 2.17. The summed E-state index contributed by atoms with van der Waals surface area (Å²) in [4.78, 5) is 0. The van der Waals surface area contributed by atoms with E-state index in [0.717, 1.165) is 16.7 Å². The van der Waals surface area contributed by atoms with Gasteiger partial charge in [0.05, 0.1) is 11.1 Å². The van der Waals surface area contributed by atoms with Crippen molar-refractivity contribution in [3.05, 3.63) is 70.6 Å². The largest absolute Gasteiger partial charge is 0.280 e. The van der Waals surface area contributed by atoms with Gasteiger partial charge >= 0.3 is 0 Å². The number of benzene rings is 2. The molecule has 2 aromatic carbocycles. The Morgan fingerprint density at radius 1 is 1.00 bits per heavy atom. The summed E-state index contributed by atoms with van der Waals surface area (Å²) in [5, 5.41) is 1.18. The zero-order valence-corrected chi connectivity index (χ0v) is 12.3. The van der Waals surface area contributed by atoms with Crippen molar-refractivity contribution in [2.75, 3.05) is 4.72 Å². The summed E-state index contributed by atoms with van der Waals surface area (Å²) in [6.45, 7) is 3.85. The molecule has 0 aliphatic carbocycles. The third-order valence-electron chi connectivity index (χ3n) is 2.87. The van der Waals surface area contributed by atoms with Gasteiger partial charge in [-0.05, 0) is 37.1 Å². The third kappa shape index (κ3) is 3.96. The lowest BCUT2D eigenvalue weighted by atomic mass is 10.1. The molecule has 2 aromatic rings. The van der Waals surface area contributed by atoms with E-state index in [0.29, 0.717) is 5.69 Å². The minimum atomic E-state index is -3.50. The van der Waals surface area contributed by atoms with Gasteiger partial charge in [0.25, 0.3) is 10.0 Å². The molecule has 0 atom stereocenters. The van der Waals surface area contributed by atoms with Gasteiger partial charge in [0.1, 0.15) is 0 Å². The van der Waals surface area contributed by atoms with Crippen LogP contribution in [0.4, 0.5) is 5.69 Å². The number of hydrogen-bond acceptors (Lipinski definition) is 2. The van der Waals surface area contributed by atoms with E-state index >= 15 is 0 Å². The van der Waals surface area contributed by atoms with E-state index in [9.17, 15) is 8.42 Å². The van der Waals surface area contributed by atoms with E-state index in [1.54, 1.807) is 12.1 Å². The first-order valence-electron chi connectivity index (χ1n) is 6.29. The van der Waals surface area contributed by atoms with Crippen LogP contribution in [-0.2, 0) is 10.0 Å². The van der Waals surface area contributed by atoms with Crippen molar-refractivity contribution < 1.29 is 8.42 Å². The molecule has 0 fully saturated rings. The smallest absolute Gasteiger partial charge is 0.255 e.